The average molecular weight is 568 g/mol. The molecule has 2 atom stereocenters. The monoisotopic (exact) mass is 568 g/mol. The Balaban J connectivity index is 5.23. The zero-order chi connectivity index (χ0) is 31.2. The van der Waals surface area contributed by atoms with E-state index in [0.29, 0.717) is 38.3 Å². The molecular weight excluding hydrogens is 498 g/mol. The molecule has 0 fully saturated rings. The molecule has 0 aromatic heterocycles. The molecule has 2 unspecified atom stereocenters. The predicted octanol–water partition coefficient (Wildman–Crippen LogP) is 9.61. The molecule has 0 saturated heterocycles. The van der Waals surface area contributed by atoms with E-state index in [2.05, 4.69) is 81.1 Å². The molecule has 0 bridgehead atoms. The molecule has 5 nitrogen and oxygen atoms in total. The van der Waals surface area contributed by atoms with E-state index in [1.54, 1.807) is 0 Å². The zero-order valence-corrected chi connectivity index (χ0v) is 29.1. The number of rotatable bonds is 20. The second kappa shape index (κ2) is 17.8. The number of carbonyl (C=O) groups is 2. The van der Waals surface area contributed by atoms with Gasteiger partial charge in [-0.2, -0.15) is 0 Å². The van der Waals surface area contributed by atoms with Gasteiger partial charge in [0.15, 0.2) is 0 Å². The van der Waals surface area contributed by atoms with Crippen molar-refractivity contribution >= 4 is 11.9 Å². The summed E-state index contributed by atoms with van der Waals surface area (Å²) in [7, 11) is 0. The summed E-state index contributed by atoms with van der Waals surface area (Å²) in [6.07, 6.45) is 12.8. The van der Waals surface area contributed by atoms with Crippen LogP contribution in [0.1, 0.15) is 161 Å². The predicted molar refractivity (Wildman–Crippen MR) is 170 cm³/mol. The molecule has 0 heterocycles. The van der Waals surface area contributed by atoms with Crippen molar-refractivity contribution in [2.45, 2.75) is 173 Å². The van der Waals surface area contributed by atoms with Crippen LogP contribution in [0.2, 0.25) is 0 Å². The smallest absolute Gasteiger partial charge is 0.312 e. The number of unbranched alkanes of at least 4 members (excludes halogenated alkanes) is 9. The molecule has 238 valence electrons. The summed E-state index contributed by atoms with van der Waals surface area (Å²) in [5.41, 5.74) is -2.48. The van der Waals surface area contributed by atoms with Gasteiger partial charge in [0.1, 0.15) is 6.61 Å². The van der Waals surface area contributed by atoms with Crippen LogP contribution in [0, 0.1) is 21.7 Å². The first kappa shape index (κ1) is 38.9. The first-order valence-electron chi connectivity index (χ1n) is 16.5. The normalized spacial score (nSPS) is 15.8. The number of ether oxygens (including phenoxy) is 2. The zero-order valence-electron chi connectivity index (χ0n) is 29.1. The number of carbonyl (C=O) groups excluding carboxylic acids is 2. The molecule has 0 radical (unpaired) electrons. The molecular formula is C35H69NO4. The van der Waals surface area contributed by atoms with Gasteiger partial charge in [0.2, 0.25) is 0 Å². The highest BCUT2D eigenvalue weighted by Gasteiger charge is 2.56. The van der Waals surface area contributed by atoms with Gasteiger partial charge in [-0.05, 0) is 65.2 Å². The van der Waals surface area contributed by atoms with Gasteiger partial charge in [-0.3, -0.25) is 14.5 Å². The Morgan fingerprint density at radius 1 is 0.575 bits per heavy atom. The third kappa shape index (κ3) is 12.4. The van der Waals surface area contributed by atoms with Crippen LogP contribution in [0.25, 0.3) is 0 Å². The Bertz CT molecular complexity index is 710. The van der Waals surface area contributed by atoms with Gasteiger partial charge in [-0.25, -0.2) is 0 Å². The van der Waals surface area contributed by atoms with E-state index >= 15 is 0 Å². The van der Waals surface area contributed by atoms with E-state index in [1.807, 2.05) is 13.8 Å². The van der Waals surface area contributed by atoms with Gasteiger partial charge in [0.25, 0.3) is 0 Å². The van der Waals surface area contributed by atoms with Gasteiger partial charge < -0.3 is 9.47 Å². The molecule has 0 amide bonds. The summed E-state index contributed by atoms with van der Waals surface area (Å²) in [6.45, 7) is 28.8. The molecule has 5 heteroatoms. The molecule has 0 aliphatic carbocycles. The quantitative estimate of drug-likeness (QED) is 0.108. The van der Waals surface area contributed by atoms with Crippen molar-refractivity contribution in [1.82, 2.24) is 4.90 Å². The largest absolute Gasteiger partial charge is 0.465 e. The fourth-order valence-corrected chi connectivity index (χ4v) is 5.42. The lowest BCUT2D eigenvalue weighted by molar-refractivity contribution is -0.177. The summed E-state index contributed by atoms with van der Waals surface area (Å²) in [4.78, 5) is 29.7. The summed E-state index contributed by atoms with van der Waals surface area (Å²) >= 11 is 0. The first-order valence-corrected chi connectivity index (χ1v) is 16.5. The van der Waals surface area contributed by atoms with Crippen molar-refractivity contribution < 1.29 is 19.1 Å². The third-order valence-corrected chi connectivity index (χ3v) is 9.56. The van der Waals surface area contributed by atoms with Crippen molar-refractivity contribution in [2.24, 2.45) is 21.7 Å². The van der Waals surface area contributed by atoms with Crippen molar-refractivity contribution in [2.75, 3.05) is 19.8 Å². The van der Waals surface area contributed by atoms with E-state index in [1.165, 1.54) is 51.4 Å². The van der Waals surface area contributed by atoms with Crippen molar-refractivity contribution in [1.29, 1.82) is 0 Å². The Morgan fingerprint density at radius 3 is 1.27 bits per heavy atom. The molecule has 0 saturated carbocycles. The van der Waals surface area contributed by atoms with Crippen molar-refractivity contribution in [3.05, 3.63) is 0 Å². The molecule has 0 aliphatic heterocycles. The maximum absolute atomic E-state index is 13.7. The lowest BCUT2D eigenvalue weighted by Crippen LogP contribution is -2.52. The summed E-state index contributed by atoms with van der Waals surface area (Å²) in [6, 6.07) is 0.754. The fourth-order valence-electron chi connectivity index (χ4n) is 5.42. The third-order valence-electron chi connectivity index (χ3n) is 9.56. The molecule has 0 aliphatic rings. The minimum Gasteiger partial charge on any atom is -0.465 e. The van der Waals surface area contributed by atoms with Crippen molar-refractivity contribution in [3.63, 3.8) is 0 Å². The SMILES string of the molecule is CCCCCCCCCCCCOC(=O)C(C)(CC(C)(C(=O)OCCN(C(C)C)C(C)C)C(C)(C)C)C(C)(C)C. The summed E-state index contributed by atoms with van der Waals surface area (Å²) in [5.74, 6) is -0.435. The number of hydrogen-bond acceptors (Lipinski definition) is 5. The van der Waals surface area contributed by atoms with Crippen LogP contribution in [-0.2, 0) is 19.1 Å². The highest BCUT2D eigenvalue weighted by atomic mass is 16.5. The second-order valence-electron chi connectivity index (χ2n) is 15.2. The van der Waals surface area contributed by atoms with Crippen LogP contribution in [0.15, 0.2) is 0 Å². The Labute approximate surface area is 249 Å². The van der Waals surface area contributed by atoms with E-state index < -0.39 is 16.2 Å². The van der Waals surface area contributed by atoms with Crippen molar-refractivity contribution in [3.8, 4) is 0 Å². The summed E-state index contributed by atoms with van der Waals surface area (Å²) in [5, 5.41) is 0. The second-order valence-corrected chi connectivity index (χ2v) is 15.2. The first-order chi connectivity index (χ1) is 18.3. The highest BCUT2D eigenvalue weighted by molar-refractivity contribution is 5.82. The lowest BCUT2D eigenvalue weighted by atomic mass is 9.55. The van der Waals surface area contributed by atoms with Gasteiger partial charge in [-0.15, -0.1) is 0 Å². The fraction of sp³-hybridized carbons (Fsp3) is 0.943. The molecule has 0 spiro atoms. The molecule has 0 aromatic carbocycles. The van der Waals surface area contributed by atoms with Crippen LogP contribution in [-0.4, -0.2) is 48.7 Å². The number of nitrogens with zero attached hydrogens (tertiary/aromatic N) is 1. The minimum atomic E-state index is -0.855. The van der Waals surface area contributed by atoms with Gasteiger partial charge in [0, 0.05) is 18.6 Å². The van der Waals surface area contributed by atoms with E-state index in [9.17, 15) is 9.59 Å². The Hall–Kier alpha value is -1.10. The van der Waals surface area contributed by atoms with Crippen LogP contribution in [0.4, 0.5) is 0 Å². The van der Waals surface area contributed by atoms with E-state index in [4.69, 9.17) is 9.47 Å². The maximum Gasteiger partial charge on any atom is 0.312 e. The average Bonchev–Trinajstić information content (AvgIpc) is 2.82. The maximum atomic E-state index is 13.7. The Morgan fingerprint density at radius 2 is 0.925 bits per heavy atom. The van der Waals surface area contributed by atoms with Gasteiger partial charge in [0.05, 0.1) is 17.4 Å². The number of esters is 2. The van der Waals surface area contributed by atoms with E-state index in [0.717, 1.165) is 12.8 Å². The minimum absolute atomic E-state index is 0.204. The molecule has 0 aromatic rings. The Kier molecular flexibility index (Phi) is 17.3. The van der Waals surface area contributed by atoms with E-state index in [-0.39, 0.29) is 17.4 Å². The lowest BCUT2D eigenvalue weighted by Gasteiger charge is -2.48. The molecule has 0 N–H and O–H groups in total. The number of hydrogen-bond donors (Lipinski definition) is 0. The van der Waals surface area contributed by atoms with Crippen LogP contribution in [0.3, 0.4) is 0 Å². The van der Waals surface area contributed by atoms with Crippen LogP contribution in [0.5, 0.6) is 0 Å². The highest BCUT2D eigenvalue weighted by Crippen LogP contribution is 2.53. The topological polar surface area (TPSA) is 55.8 Å². The summed E-state index contributed by atoms with van der Waals surface area (Å²) < 4.78 is 11.9. The molecule has 40 heavy (non-hydrogen) atoms. The van der Waals surface area contributed by atoms with Crippen LogP contribution >= 0.6 is 0 Å². The van der Waals surface area contributed by atoms with Crippen LogP contribution < -0.4 is 0 Å². The standard InChI is InChI=1S/C35H69NO4/c1-14-15-16-17-18-19-20-21-22-23-25-39-30(37)34(12,32(6,7)8)27-35(13,33(9,10)11)31(38)40-26-24-36(28(2)3)29(4)5/h28-29H,14-27H2,1-13H3. The molecule has 0 rings (SSSR count). The van der Waals surface area contributed by atoms with Gasteiger partial charge in [-0.1, -0.05) is 106 Å². The van der Waals surface area contributed by atoms with Gasteiger partial charge >= 0.3 is 11.9 Å².